The molecule has 0 rings (SSSR count). The van der Waals surface area contributed by atoms with Crippen LogP contribution in [0.4, 0.5) is 0 Å². The van der Waals surface area contributed by atoms with Gasteiger partial charge in [-0.2, -0.15) is 0 Å². The molecule has 0 spiro atoms. The number of hydrogen-bond donors (Lipinski definition) is 3. The summed E-state index contributed by atoms with van der Waals surface area (Å²) >= 11 is 0. The van der Waals surface area contributed by atoms with E-state index < -0.39 is 0 Å². The van der Waals surface area contributed by atoms with Gasteiger partial charge >= 0.3 is 0 Å². The number of aliphatic hydroxyl groups excluding tert-OH is 1. The molecular formula is C9H22N2O. The molecule has 1 unspecified atom stereocenters. The van der Waals surface area contributed by atoms with Crippen molar-refractivity contribution in [2.75, 3.05) is 19.7 Å². The second kappa shape index (κ2) is 6.40. The summed E-state index contributed by atoms with van der Waals surface area (Å²) in [5.41, 5.74) is 5.70. The first kappa shape index (κ1) is 11.9. The van der Waals surface area contributed by atoms with Crippen molar-refractivity contribution >= 4 is 0 Å². The molecule has 0 aromatic carbocycles. The first-order valence-electron chi connectivity index (χ1n) is 4.74. The molecule has 0 saturated heterocycles. The lowest BCUT2D eigenvalue weighted by molar-refractivity contribution is 0.276. The van der Waals surface area contributed by atoms with E-state index in [-0.39, 0.29) is 12.1 Å². The van der Waals surface area contributed by atoms with Crippen molar-refractivity contribution in [2.45, 2.75) is 38.6 Å². The Balaban J connectivity index is 3.45. The minimum Gasteiger partial charge on any atom is -0.396 e. The monoisotopic (exact) mass is 174 g/mol. The van der Waals surface area contributed by atoms with Crippen LogP contribution >= 0.6 is 0 Å². The molecule has 3 nitrogen and oxygen atoms in total. The van der Waals surface area contributed by atoms with Crippen molar-refractivity contribution in [3.8, 4) is 0 Å². The molecular weight excluding hydrogens is 152 g/mol. The van der Waals surface area contributed by atoms with Crippen LogP contribution in [0.15, 0.2) is 0 Å². The van der Waals surface area contributed by atoms with E-state index in [1.807, 2.05) is 0 Å². The minimum absolute atomic E-state index is 0.0788. The van der Waals surface area contributed by atoms with Gasteiger partial charge in [-0.3, -0.25) is 0 Å². The Labute approximate surface area is 75.3 Å². The van der Waals surface area contributed by atoms with Crippen LogP contribution < -0.4 is 11.1 Å². The Hall–Kier alpha value is -0.120. The Morgan fingerprint density at radius 1 is 1.42 bits per heavy atom. The van der Waals surface area contributed by atoms with Gasteiger partial charge in [0.15, 0.2) is 0 Å². The molecule has 0 bridgehead atoms. The molecule has 0 fully saturated rings. The van der Waals surface area contributed by atoms with Crippen LogP contribution in [0.5, 0.6) is 0 Å². The molecule has 4 N–H and O–H groups in total. The average molecular weight is 174 g/mol. The third-order valence-electron chi connectivity index (χ3n) is 2.37. The maximum atomic E-state index is 8.56. The first-order chi connectivity index (χ1) is 5.68. The third kappa shape index (κ3) is 4.70. The Kier molecular flexibility index (Phi) is 6.34. The number of nitrogens with two attached hydrogens (primary N) is 1. The summed E-state index contributed by atoms with van der Waals surface area (Å²) in [6.07, 6.45) is 2.94. The second-order valence-electron chi connectivity index (χ2n) is 3.48. The van der Waals surface area contributed by atoms with Gasteiger partial charge in [-0.05, 0) is 32.7 Å². The molecule has 0 radical (unpaired) electrons. The zero-order valence-corrected chi connectivity index (χ0v) is 8.27. The Morgan fingerprint density at radius 3 is 2.50 bits per heavy atom. The van der Waals surface area contributed by atoms with E-state index in [9.17, 15) is 0 Å². The van der Waals surface area contributed by atoms with E-state index in [1.54, 1.807) is 0 Å². The lowest BCUT2D eigenvalue weighted by Crippen LogP contribution is -2.48. The normalized spacial score (nSPS) is 16.0. The van der Waals surface area contributed by atoms with Crippen molar-refractivity contribution in [1.29, 1.82) is 0 Å². The van der Waals surface area contributed by atoms with Gasteiger partial charge in [0.1, 0.15) is 0 Å². The number of rotatable bonds is 7. The summed E-state index contributed by atoms with van der Waals surface area (Å²) in [4.78, 5) is 0. The fourth-order valence-corrected chi connectivity index (χ4v) is 0.968. The van der Waals surface area contributed by atoms with Crippen LogP contribution in [0.1, 0.15) is 33.1 Å². The summed E-state index contributed by atoms with van der Waals surface area (Å²) in [6.45, 7) is 6.16. The third-order valence-corrected chi connectivity index (χ3v) is 2.37. The largest absolute Gasteiger partial charge is 0.396 e. The van der Waals surface area contributed by atoms with E-state index in [1.165, 1.54) is 0 Å². The lowest BCUT2D eigenvalue weighted by atomic mass is 9.99. The van der Waals surface area contributed by atoms with Crippen LogP contribution in [0.3, 0.4) is 0 Å². The van der Waals surface area contributed by atoms with Gasteiger partial charge in [-0.25, -0.2) is 0 Å². The molecule has 0 aromatic rings. The Bertz CT molecular complexity index is 103. The van der Waals surface area contributed by atoms with Crippen molar-refractivity contribution < 1.29 is 5.11 Å². The summed E-state index contributed by atoms with van der Waals surface area (Å²) in [5, 5.41) is 12.0. The van der Waals surface area contributed by atoms with Crippen molar-refractivity contribution in [2.24, 2.45) is 5.73 Å². The molecule has 0 heterocycles. The van der Waals surface area contributed by atoms with Crippen molar-refractivity contribution in [3.05, 3.63) is 0 Å². The highest BCUT2D eigenvalue weighted by Gasteiger charge is 2.17. The van der Waals surface area contributed by atoms with E-state index >= 15 is 0 Å². The standard InChI is InChI=1S/C9H22N2O/c1-3-9(2,8-10)11-6-4-5-7-12/h11-12H,3-8,10H2,1-2H3. The average Bonchev–Trinajstić information content (AvgIpc) is 2.12. The molecule has 0 amide bonds. The first-order valence-corrected chi connectivity index (χ1v) is 4.74. The molecule has 0 aliphatic carbocycles. The topological polar surface area (TPSA) is 58.3 Å². The molecule has 0 aliphatic rings. The van der Waals surface area contributed by atoms with Crippen molar-refractivity contribution in [1.82, 2.24) is 5.32 Å². The minimum atomic E-state index is 0.0788. The van der Waals surface area contributed by atoms with Crippen LogP contribution in [0.2, 0.25) is 0 Å². The predicted octanol–water partition coefficient (Wildman–Crippen LogP) is 0.476. The summed E-state index contributed by atoms with van der Waals surface area (Å²) in [5.74, 6) is 0. The van der Waals surface area contributed by atoms with Gasteiger partial charge in [0.25, 0.3) is 0 Å². The van der Waals surface area contributed by atoms with Crippen LogP contribution in [-0.2, 0) is 0 Å². The number of unbranched alkanes of at least 4 members (excludes halogenated alkanes) is 1. The maximum absolute atomic E-state index is 8.56. The fourth-order valence-electron chi connectivity index (χ4n) is 0.968. The molecule has 0 saturated carbocycles. The molecule has 0 aromatic heterocycles. The van der Waals surface area contributed by atoms with Gasteiger partial charge in [0.05, 0.1) is 0 Å². The SMILES string of the molecule is CCC(C)(CN)NCCCCO. The highest BCUT2D eigenvalue weighted by atomic mass is 16.2. The van der Waals surface area contributed by atoms with E-state index in [2.05, 4.69) is 19.2 Å². The molecule has 0 aliphatic heterocycles. The predicted molar refractivity (Wildman–Crippen MR) is 52.1 cm³/mol. The van der Waals surface area contributed by atoms with E-state index in [0.29, 0.717) is 6.54 Å². The fraction of sp³-hybridized carbons (Fsp3) is 1.00. The number of nitrogens with one attached hydrogen (secondary N) is 1. The van der Waals surface area contributed by atoms with E-state index in [0.717, 1.165) is 25.8 Å². The number of hydrogen-bond acceptors (Lipinski definition) is 3. The second-order valence-corrected chi connectivity index (χ2v) is 3.48. The highest BCUT2D eigenvalue weighted by Crippen LogP contribution is 2.06. The molecule has 3 heteroatoms. The van der Waals surface area contributed by atoms with Crippen molar-refractivity contribution in [3.63, 3.8) is 0 Å². The van der Waals surface area contributed by atoms with E-state index in [4.69, 9.17) is 10.8 Å². The lowest BCUT2D eigenvalue weighted by Gasteiger charge is -2.28. The van der Waals surface area contributed by atoms with Crippen LogP contribution in [-0.4, -0.2) is 30.3 Å². The molecule has 74 valence electrons. The summed E-state index contributed by atoms with van der Waals surface area (Å²) in [6, 6.07) is 0. The van der Waals surface area contributed by atoms with Gasteiger partial charge in [0.2, 0.25) is 0 Å². The number of aliphatic hydroxyl groups is 1. The molecule has 1 atom stereocenters. The van der Waals surface area contributed by atoms with Gasteiger partial charge in [0, 0.05) is 18.7 Å². The Morgan fingerprint density at radius 2 is 2.08 bits per heavy atom. The summed E-state index contributed by atoms with van der Waals surface area (Å²) < 4.78 is 0. The quantitative estimate of drug-likeness (QED) is 0.492. The smallest absolute Gasteiger partial charge is 0.0431 e. The zero-order valence-electron chi connectivity index (χ0n) is 8.27. The zero-order chi connectivity index (χ0) is 9.45. The van der Waals surface area contributed by atoms with Gasteiger partial charge in [-0.1, -0.05) is 6.92 Å². The van der Waals surface area contributed by atoms with Gasteiger partial charge < -0.3 is 16.2 Å². The highest BCUT2D eigenvalue weighted by molar-refractivity contribution is 4.81. The summed E-state index contributed by atoms with van der Waals surface area (Å²) in [7, 11) is 0. The molecule has 12 heavy (non-hydrogen) atoms. The van der Waals surface area contributed by atoms with Crippen LogP contribution in [0, 0.1) is 0 Å². The maximum Gasteiger partial charge on any atom is 0.0431 e. The van der Waals surface area contributed by atoms with Gasteiger partial charge in [-0.15, -0.1) is 0 Å². The van der Waals surface area contributed by atoms with Crippen LogP contribution in [0.25, 0.3) is 0 Å².